The van der Waals surface area contributed by atoms with Gasteiger partial charge < -0.3 is 0 Å². The first-order valence-electron chi connectivity index (χ1n) is 11.0. The van der Waals surface area contributed by atoms with Gasteiger partial charge in [0.05, 0.1) is 5.69 Å². The molecule has 1 heterocycles. The highest BCUT2D eigenvalue weighted by Crippen LogP contribution is 2.46. The summed E-state index contributed by atoms with van der Waals surface area (Å²) in [5.41, 5.74) is 6.20. The zero-order chi connectivity index (χ0) is 18.8. The molecule has 28 heavy (non-hydrogen) atoms. The van der Waals surface area contributed by atoms with Crippen LogP contribution in [0.25, 0.3) is 22.4 Å². The van der Waals surface area contributed by atoms with E-state index in [-0.39, 0.29) is 0 Å². The fraction of sp³-hybridized carbons (Fsp3) is 0.370. The third kappa shape index (κ3) is 3.63. The summed E-state index contributed by atoms with van der Waals surface area (Å²) >= 11 is 0. The van der Waals surface area contributed by atoms with Crippen LogP contribution in [0.2, 0.25) is 0 Å². The Morgan fingerprint density at radius 1 is 0.607 bits per heavy atom. The summed E-state index contributed by atoms with van der Waals surface area (Å²) < 4.78 is 0. The van der Waals surface area contributed by atoms with Crippen LogP contribution >= 0.6 is 0 Å². The number of hydrogen-bond acceptors (Lipinski definition) is 1. The lowest BCUT2D eigenvalue weighted by atomic mass is 9.87. The van der Waals surface area contributed by atoms with Gasteiger partial charge in [0.15, 0.2) is 0 Å². The van der Waals surface area contributed by atoms with Gasteiger partial charge >= 0.3 is 0 Å². The van der Waals surface area contributed by atoms with Crippen molar-refractivity contribution in [1.29, 1.82) is 0 Å². The minimum atomic E-state index is 0.776. The SMILES string of the molecule is c1ccc(-c2ccc(-c3ccc(C4CCC(C5CCCC5)C4)cc3)cn2)cc1. The summed E-state index contributed by atoms with van der Waals surface area (Å²) in [4.78, 5) is 4.68. The van der Waals surface area contributed by atoms with Gasteiger partial charge in [-0.3, -0.25) is 4.98 Å². The Labute approximate surface area is 168 Å². The predicted octanol–water partition coefficient (Wildman–Crippen LogP) is 7.49. The maximum Gasteiger partial charge on any atom is 0.0702 e. The molecular weight excluding hydrogens is 338 g/mol. The van der Waals surface area contributed by atoms with Gasteiger partial charge in [-0.05, 0) is 54.2 Å². The Morgan fingerprint density at radius 3 is 2.07 bits per heavy atom. The van der Waals surface area contributed by atoms with Crippen molar-refractivity contribution in [3.8, 4) is 22.4 Å². The predicted molar refractivity (Wildman–Crippen MR) is 117 cm³/mol. The molecule has 2 unspecified atom stereocenters. The largest absolute Gasteiger partial charge is 0.256 e. The minimum absolute atomic E-state index is 0.776. The fourth-order valence-electron chi connectivity index (χ4n) is 5.47. The quantitative estimate of drug-likeness (QED) is 0.465. The number of nitrogens with zero attached hydrogens (tertiary/aromatic N) is 1. The molecule has 0 amide bonds. The van der Waals surface area contributed by atoms with E-state index in [1.54, 1.807) is 0 Å². The summed E-state index contributed by atoms with van der Waals surface area (Å²) in [5, 5.41) is 0. The van der Waals surface area contributed by atoms with Gasteiger partial charge in [0, 0.05) is 17.3 Å². The molecule has 0 spiro atoms. The molecule has 2 aliphatic carbocycles. The van der Waals surface area contributed by atoms with Crippen molar-refractivity contribution in [3.05, 3.63) is 78.5 Å². The Hall–Kier alpha value is -2.41. The van der Waals surface area contributed by atoms with E-state index < -0.39 is 0 Å². The highest BCUT2D eigenvalue weighted by atomic mass is 14.7. The third-order valence-corrected chi connectivity index (χ3v) is 7.09. The van der Waals surface area contributed by atoms with E-state index >= 15 is 0 Å². The van der Waals surface area contributed by atoms with E-state index in [1.165, 1.54) is 67.2 Å². The highest BCUT2D eigenvalue weighted by Gasteiger charge is 2.32. The molecule has 2 aliphatic rings. The second kappa shape index (κ2) is 7.91. The monoisotopic (exact) mass is 367 g/mol. The number of benzene rings is 2. The molecule has 2 fully saturated rings. The van der Waals surface area contributed by atoms with Gasteiger partial charge in [-0.1, -0.05) is 86.3 Å². The molecule has 1 heteroatoms. The molecule has 0 saturated heterocycles. The molecule has 0 aliphatic heterocycles. The Balaban J connectivity index is 1.27. The third-order valence-electron chi connectivity index (χ3n) is 7.09. The topological polar surface area (TPSA) is 12.9 Å². The van der Waals surface area contributed by atoms with E-state index in [4.69, 9.17) is 0 Å². The molecule has 0 bridgehead atoms. The summed E-state index contributed by atoms with van der Waals surface area (Å²) in [5.74, 6) is 2.79. The van der Waals surface area contributed by atoms with Gasteiger partial charge in [0.1, 0.15) is 0 Å². The Morgan fingerprint density at radius 2 is 1.36 bits per heavy atom. The number of pyridine rings is 1. The highest BCUT2D eigenvalue weighted by molar-refractivity contribution is 5.67. The number of rotatable bonds is 4. The van der Waals surface area contributed by atoms with Crippen molar-refractivity contribution in [2.75, 3.05) is 0 Å². The summed E-state index contributed by atoms with van der Waals surface area (Å²) in [6, 6.07) is 24.0. The average molecular weight is 368 g/mol. The zero-order valence-corrected chi connectivity index (χ0v) is 16.6. The van der Waals surface area contributed by atoms with E-state index in [2.05, 4.69) is 65.6 Å². The molecule has 0 radical (unpaired) electrons. The van der Waals surface area contributed by atoms with Crippen LogP contribution < -0.4 is 0 Å². The molecule has 142 valence electrons. The summed E-state index contributed by atoms with van der Waals surface area (Å²) in [6.07, 6.45) is 12.2. The maximum atomic E-state index is 4.68. The van der Waals surface area contributed by atoms with Crippen molar-refractivity contribution >= 4 is 0 Å². The van der Waals surface area contributed by atoms with Crippen LogP contribution in [0.1, 0.15) is 56.4 Å². The van der Waals surface area contributed by atoms with Crippen LogP contribution in [0.4, 0.5) is 0 Å². The van der Waals surface area contributed by atoms with Crippen LogP contribution in [-0.4, -0.2) is 4.98 Å². The Kier molecular flexibility index (Phi) is 4.99. The first-order chi connectivity index (χ1) is 13.9. The van der Waals surface area contributed by atoms with Crippen LogP contribution in [0, 0.1) is 11.8 Å². The van der Waals surface area contributed by atoms with Crippen molar-refractivity contribution in [1.82, 2.24) is 4.98 Å². The Bertz CT molecular complexity index is 889. The van der Waals surface area contributed by atoms with Gasteiger partial charge in [-0.2, -0.15) is 0 Å². The lowest BCUT2D eigenvalue weighted by Gasteiger charge is -2.18. The van der Waals surface area contributed by atoms with Crippen molar-refractivity contribution in [2.45, 2.75) is 50.9 Å². The smallest absolute Gasteiger partial charge is 0.0702 e. The standard InChI is InChI=1S/C27H29N/c1-2-8-23(9-3-1)27-17-16-26(19-28-27)22-12-10-21(11-13-22)25-15-14-24(18-25)20-6-4-5-7-20/h1-3,8-13,16-17,19-20,24-25H,4-7,14-15,18H2. The van der Waals surface area contributed by atoms with E-state index in [0.717, 1.165) is 23.4 Å². The number of aromatic nitrogens is 1. The second-order valence-electron chi connectivity index (χ2n) is 8.73. The van der Waals surface area contributed by atoms with Gasteiger partial charge in [0.25, 0.3) is 0 Å². The first-order valence-corrected chi connectivity index (χ1v) is 11.0. The minimum Gasteiger partial charge on any atom is -0.256 e. The molecule has 3 aromatic rings. The summed E-state index contributed by atoms with van der Waals surface area (Å²) in [7, 11) is 0. The molecule has 2 atom stereocenters. The van der Waals surface area contributed by atoms with Crippen molar-refractivity contribution in [2.24, 2.45) is 11.8 Å². The van der Waals surface area contributed by atoms with Gasteiger partial charge in [0.2, 0.25) is 0 Å². The molecular formula is C27H29N. The molecule has 1 aromatic heterocycles. The fourth-order valence-corrected chi connectivity index (χ4v) is 5.47. The average Bonchev–Trinajstić information content (AvgIpc) is 3.47. The summed E-state index contributed by atoms with van der Waals surface area (Å²) in [6.45, 7) is 0. The zero-order valence-electron chi connectivity index (χ0n) is 16.6. The van der Waals surface area contributed by atoms with Crippen LogP contribution in [-0.2, 0) is 0 Å². The van der Waals surface area contributed by atoms with Crippen LogP contribution in [0.15, 0.2) is 72.9 Å². The molecule has 2 aromatic carbocycles. The van der Waals surface area contributed by atoms with Gasteiger partial charge in [-0.25, -0.2) is 0 Å². The van der Waals surface area contributed by atoms with E-state index in [1.807, 2.05) is 12.3 Å². The van der Waals surface area contributed by atoms with Crippen molar-refractivity contribution in [3.63, 3.8) is 0 Å². The molecule has 0 N–H and O–H groups in total. The van der Waals surface area contributed by atoms with Gasteiger partial charge in [-0.15, -0.1) is 0 Å². The maximum absolute atomic E-state index is 4.68. The molecule has 5 rings (SSSR count). The number of hydrogen-bond donors (Lipinski definition) is 0. The first kappa shape index (κ1) is 17.7. The lowest BCUT2D eigenvalue weighted by Crippen LogP contribution is -2.07. The van der Waals surface area contributed by atoms with Crippen molar-refractivity contribution < 1.29 is 0 Å². The normalized spacial score (nSPS) is 22.6. The van der Waals surface area contributed by atoms with Crippen LogP contribution in [0.3, 0.4) is 0 Å². The lowest BCUT2D eigenvalue weighted by molar-refractivity contribution is 0.344. The molecule has 1 nitrogen and oxygen atoms in total. The second-order valence-corrected chi connectivity index (χ2v) is 8.73. The van der Waals surface area contributed by atoms with E-state index in [0.29, 0.717) is 0 Å². The molecule has 2 saturated carbocycles. The van der Waals surface area contributed by atoms with Crippen LogP contribution in [0.5, 0.6) is 0 Å². The van der Waals surface area contributed by atoms with E-state index in [9.17, 15) is 0 Å².